The van der Waals surface area contributed by atoms with E-state index in [-0.39, 0.29) is 13.2 Å². The molecule has 6 heteroatoms. The Bertz CT molecular complexity index is 827. The zero-order valence-corrected chi connectivity index (χ0v) is 15.0. The topological polar surface area (TPSA) is 73.7 Å². The van der Waals surface area contributed by atoms with Crippen molar-refractivity contribution in [2.24, 2.45) is 0 Å². The van der Waals surface area contributed by atoms with Gasteiger partial charge in [0.1, 0.15) is 18.1 Å². The highest BCUT2D eigenvalue weighted by Gasteiger charge is 2.08. The Morgan fingerprint density at radius 1 is 0.852 bits per heavy atom. The summed E-state index contributed by atoms with van der Waals surface area (Å²) in [4.78, 5) is 8.32. The monoisotopic (exact) mass is 366 g/mol. The van der Waals surface area contributed by atoms with Gasteiger partial charge in [-0.05, 0) is 48.7 Å². The van der Waals surface area contributed by atoms with Crippen molar-refractivity contribution in [1.82, 2.24) is 9.97 Å². The molecule has 0 aliphatic rings. The van der Waals surface area contributed by atoms with Gasteiger partial charge in [-0.15, -0.1) is 0 Å². The molecule has 6 nitrogen and oxygen atoms in total. The van der Waals surface area contributed by atoms with Gasteiger partial charge in [0.15, 0.2) is 5.75 Å². The minimum absolute atomic E-state index is 0.0252. The fraction of sp³-hybridized carbons (Fsp3) is 0.238. The first-order valence-corrected chi connectivity index (χ1v) is 8.84. The van der Waals surface area contributed by atoms with Crippen LogP contribution in [0.4, 0.5) is 0 Å². The summed E-state index contributed by atoms with van der Waals surface area (Å²) in [5.41, 5.74) is 1.04. The highest BCUT2D eigenvalue weighted by atomic mass is 16.5. The molecule has 1 N–H and O–H groups in total. The lowest BCUT2D eigenvalue weighted by atomic mass is 10.1. The van der Waals surface area contributed by atoms with Gasteiger partial charge in [0.05, 0.1) is 19.4 Å². The van der Waals surface area contributed by atoms with Gasteiger partial charge >= 0.3 is 0 Å². The number of ether oxygens (including phenoxy) is 3. The molecule has 0 atom stereocenters. The van der Waals surface area contributed by atoms with Crippen LogP contribution < -0.4 is 14.2 Å². The number of hydrogen-bond acceptors (Lipinski definition) is 6. The van der Waals surface area contributed by atoms with Gasteiger partial charge in [0.25, 0.3) is 5.88 Å². The lowest BCUT2D eigenvalue weighted by Gasteiger charge is -2.12. The van der Waals surface area contributed by atoms with Gasteiger partial charge in [0, 0.05) is 12.4 Å². The van der Waals surface area contributed by atoms with E-state index in [2.05, 4.69) is 9.97 Å². The second-order valence-electron chi connectivity index (χ2n) is 5.73. The Morgan fingerprint density at radius 2 is 1.70 bits per heavy atom. The summed E-state index contributed by atoms with van der Waals surface area (Å²) >= 11 is 0. The summed E-state index contributed by atoms with van der Waals surface area (Å²) in [6.07, 6.45) is 6.64. The molecule has 0 saturated heterocycles. The number of benzene rings is 1. The largest absolute Gasteiger partial charge is 0.489 e. The van der Waals surface area contributed by atoms with Crippen LogP contribution in [0.25, 0.3) is 0 Å². The lowest BCUT2D eigenvalue weighted by molar-refractivity contribution is 0.199. The molecule has 27 heavy (non-hydrogen) atoms. The molecule has 0 bridgehead atoms. The normalized spacial score (nSPS) is 10.4. The van der Waals surface area contributed by atoms with Crippen LogP contribution in [-0.2, 0) is 6.42 Å². The van der Waals surface area contributed by atoms with Crippen LogP contribution in [0.2, 0.25) is 0 Å². The Labute approximate surface area is 158 Å². The molecule has 3 aromatic rings. The summed E-state index contributed by atoms with van der Waals surface area (Å²) in [6.45, 7) is 0.742. The predicted molar refractivity (Wildman–Crippen MR) is 101 cm³/mol. The van der Waals surface area contributed by atoms with Crippen molar-refractivity contribution in [2.75, 3.05) is 19.8 Å². The molecular weight excluding hydrogens is 344 g/mol. The van der Waals surface area contributed by atoms with Crippen molar-refractivity contribution in [3.05, 3.63) is 72.7 Å². The number of aliphatic hydroxyl groups excluding tert-OH is 1. The van der Waals surface area contributed by atoms with Gasteiger partial charge in [-0.25, -0.2) is 4.98 Å². The van der Waals surface area contributed by atoms with E-state index >= 15 is 0 Å². The number of aryl methyl sites for hydroxylation is 1. The minimum atomic E-state index is -0.0252. The minimum Gasteiger partial charge on any atom is -0.489 e. The van der Waals surface area contributed by atoms with Crippen molar-refractivity contribution in [1.29, 1.82) is 0 Å². The Hall–Kier alpha value is -3.12. The molecule has 0 aliphatic heterocycles. The van der Waals surface area contributed by atoms with Crippen LogP contribution in [0.3, 0.4) is 0 Å². The second kappa shape index (κ2) is 10.1. The van der Waals surface area contributed by atoms with E-state index in [9.17, 15) is 0 Å². The maximum absolute atomic E-state index is 8.91. The molecule has 0 saturated carbocycles. The third-order valence-corrected chi connectivity index (χ3v) is 3.76. The van der Waals surface area contributed by atoms with E-state index in [0.717, 1.165) is 18.4 Å². The number of pyridine rings is 2. The fourth-order valence-corrected chi connectivity index (χ4v) is 2.51. The molecule has 3 rings (SSSR count). The molecule has 1 aromatic carbocycles. The van der Waals surface area contributed by atoms with Crippen LogP contribution in [-0.4, -0.2) is 34.9 Å². The maximum Gasteiger partial charge on any atom is 0.262 e. The standard InChI is InChI=1S/C21H22N2O4/c24-13-15-26-20-16-22-12-10-17(20)6-5-14-25-19-9-4-11-23-21(19)27-18-7-2-1-3-8-18/h1-4,7-12,16,24H,5-6,13-15H2. The van der Waals surface area contributed by atoms with Crippen molar-refractivity contribution >= 4 is 0 Å². The number of rotatable bonds is 10. The predicted octanol–water partition coefficient (Wildman–Crippen LogP) is 3.65. The molecule has 0 spiro atoms. The summed E-state index contributed by atoms with van der Waals surface area (Å²) in [5.74, 6) is 2.46. The Balaban J connectivity index is 1.54. The molecule has 0 unspecified atom stereocenters. The third-order valence-electron chi connectivity index (χ3n) is 3.76. The first-order chi connectivity index (χ1) is 13.4. The summed E-state index contributed by atoms with van der Waals surface area (Å²) in [6, 6.07) is 15.1. The fourth-order valence-electron chi connectivity index (χ4n) is 2.51. The van der Waals surface area contributed by atoms with E-state index in [1.807, 2.05) is 48.5 Å². The van der Waals surface area contributed by atoms with Crippen LogP contribution in [0.15, 0.2) is 67.1 Å². The second-order valence-corrected chi connectivity index (χ2v) is 5.73. The van der Waals surface area contributed by atoms with Crippen LogP contribution >= 0.6 is 0 Å². The average Bonchev–Trinajstić information content (AvgIpc) is 2.72. The average molecular weight is 366 g/mol. The first kappa shape index (κ1) is 18.7. The Morgan fingerprint density at radius 3 is 2.56 bits per heavy atom. The number of aliphatic hydroxyl groups is 1. The first-order valence-electron chi connectivity index (χ1n) is 8.84. The van der Waals surface area contributed by atoms with E-state index < -0.39 is 0 Å². The van der Waals surface area contributed by atoms with Crippen molar-refractivity contribution in [2.45, 2.75) is 12.8 Å². The van der Waals surface area contributed by atoms with Gasteiger partial charge in [-0.2, -0.15) is 0 Å². The zero-order chi connectivity index (χ0) is 18.7. The smallest absolute Gasteiger partial charge is 0.262 e. The SMILES string of the molecule is OCCOc1cnccc1CCCOc1cccnc1Oc1ccccc1. The third kappa shape index (κ3) is 5.69. The van der Waals surface area contributed by atoms with Crippen molar-refractivity contribution < 1.29 is 19.3 Å². The van der Waals surface area contributed by atoms with E-state index in [0.29, 0.717) is 29.7 Å². The molecule has 0 radical (unpaired) electrons. The van der Waals surface area contributed by atoms with Crippen molar-refractivity contribution in [3.8, 4) is 23.1 Å². The van der Waals surface area contributed by atoms with E-state index in [1.165, 1.54) is 0 Å². The van der Waals surface area contributed by atoms with Gasteiger partial charge in [-0.1, -0.05) is 18.2 Å². The molecular formula is C21H22N2O4. The summed E-state index contributed by atoms with van der Waals surface area (Å²) < 4.78 is 17.2. The number of aromatic nitrogens is 2. The molecule has 0 aliphatic carbocycles. The van der Waals surface area contributed by atoms with E-state index in [4.69, 9.17) is 19.3 Å². The van der Waals surface area contributed by atoms with E-state index in [1.54, 1.807) is 18.6 Å². The number of hydrogen-bond donors (Lipinski definition) is 1. The zero-order valence-electron chi connectivity index (χ0n) is 15.0. The van der Waals surface area contributed by atoms with Crippen LogP contribution in [0.1, 0.15) is 12.0 Å². The molecule has 0 fully saturated rings. The molecule has 0 amide bonds. The lowest BCUT2D eigenvalue weighted by Crippen LogP contribution is -2.06. The van der Waals surface area contributed by atoms with Gasteiger partial charge in [-0.3, -0.25) is 4.98 Å². The Kier molecular flexibility index (Phi) is 7.00. The summed E-state index contributed by atoms with van der Waals surface area (Å²) in [5, 5.41) is 8.91. The van der Waals surface area contributed by atoms with Crippen molar-refractivity contribution in [3.63, 3.8) is 0 Å². The van der Waals surface area contributed by atoms with Crippen LogP contribution in [0, 0.1) is 0 Å². The highest BCUT2D eigenvalue weighted by Crippen LogP contribution is 2.28. The summed E-state index contributed by atoms with van der Waals surface area (Å²) in [7, 11) is 0. The maximum atomic E-state index is 8.91. The quantitative estimate of drug-likeness (QED) is 0.552. The molecule has 2 heterocycles. The number of para-hydroxylation sites is 1. The number of nitrogens with zero attached hydrogens (tertiary/aromatic N) is 2. The van der Waals surface area contributed by atoms with Gasteiger partial charge in [0.2, 0.25) is 0 Å². The highest BCUT2D eigenvalue weighted by molar-refractivity contribution is 5.37. The van der Waals surface area contributed by atoms with Gasteiger partial charge < -0.3 is 19.3 Å². The molecule has 2 aromatic heterocycles. The molecule has 140 valence electrons. The van der Waals surface area contributed by atoms with Crippen LogP contribution in [0.5, 0.6) is 23.1 Å².